The summed E-state index contributed by atoms with van der Waals surface area (Å²) in [6.45, 7) is 2.43. The number of rotatable bonds is 8. The summed E-state index contributed by atoms with van der Waals surface area (Å²) >= 11 is 1.02. The maximum atomic E-state index is 12.7. The first-order valence-corrected chi connectivity index (χ1v) is 9.95. The van der Waals surface area contributed by atoms with Crippen molar-refractivity contribution in [2.75, 3.05) is 19.0 Å². The Morgan fingerprint density at radius 2 is 1.79 bits per heavy atom. The monoisotopic (exact) mass is 411 g/mol. The van der Waals surface area contributed by atoms with E-state index in [2.05, 4.69) is 14.9 Å². The SMILES string of the molecule is CCCCOC(=O)c1ccc(NC(=O)c2snnc2-c2ccc(OC)cc2)cc1. The van der Waals surface area contributed by atoms with Crippen LogP contribution < -0.4 is 10.1 Å². The lowest BCUT2D eigenvalue weighted by Crippen LogP contribution is -2.12. The highest BCUT2D eigenvalue weighted by molar-refractivity contribution is 7.08. The number of nitrogens with one attached hydrogen (secondary N) is 1. The van der Waals surface area contributed by atoms with Crippen LogP contribution in [0.1, 0.15) is 39.8 Å². The van der Waals surface area contributed by atoms with Crippen molar-refractivity contribution in [3.8, 4) is 17.0 Å². The third-order valence-corrected chi connectivity index (χ3v) is 4.89. The van der Waals surface area contributed by atoms with Crippen molar-refractivity contribution < 1.29 is 19.1 Å². The van der Waals surface area contributed by atoms with Gasteiger partial charge in [0.2, 0.25) is 0 Å². The molecule has 1 heterocycles. The van der Waals surface area contributed by atoms with Crippen LogP contribution in [0.5, 0.6) is 5.75 Å². The molecule has 1 amide bonds. The Morgan fingerprint density at radius 3 is 2.45 bits per heavy atom. The smallest absolute Gasteiger partial charge is 0.338 e. The Kier molecular flexibility index (Phi) is 6.91. The van der Waals surface area contributed by atoms with Gasteiger partial charge in [0.15, 0.2) is 0 Å². The number of anilines is 1. The first-order chi connectivity index (χ1) is 14.1. The second kappa shape index (κ2) is 9.79. The second-order valence-corrected chi connectivity index (χ2v) is 6.95. The Labute approximate surface area is 172 Å². The number of unbranched alkanes of at least 4 members (excludes halogenated alkanes) is 1. The molecule has 8 heteroatoms. The number of amides is 1. The van der Waals surface area contributed by atoms with Crippen molar-refractivity contribution in [2.45, 2.75) is 19.8 Å². The third-order valence-electron chi connectivity index (χ3n) is 4.17. The van der Waals surface area contributed by atoms with E-state index in [0.717, 1.165) is 35.7 Å². The normalized spacial score (nSPS) is 10.4. The van der Waals surface area contributed by atoms with E-state index in [1.807, 2.05) is 19.1 Å². The van der Waals surface area contributed by atoms with E-state index >= 15 is 0 Å². The zero-order chi connectivity index (χ0) is 20.6. The van der Waals surface area contributed by atoms with Crippen LogP contribution in [0.25, 0.3) is 11.3 Å². The number of ether oxygens (including phenoxy) is 2. The largest absolute Gasteiger partial charge is 0.497 e. The fraction of sp³-hybridized carbons (Fsp3) is 0.238. The molecule has 29 heavy (non-hydrogen) atoms. The molecule has 7 nitrogen and oxygen atoms in total. The van der Waals surface area contributed by atoms with Gasteiger partial charge in [-0.15, -0.1) is 5.10 Å². The fourth-order valence-corrected chi connectivity index (χ4v) is 3.13. The van der Waals surface area contributed by atoms with Crippen molar-refractivity contribution in [2.24, 2.45) is 0 Å². The molecule has 150 valence electrons. The number of benzene rings is 2. The van der Waals surface area contributed by atoms with Crippen LogP contribution in [0.4, 0.5) is 5.69 Å². The summed E-state index contributed by atoms with van der Waals surface area (Å²) in [5.74, 6) is 0.0325. The summed E-state index contributed by atoms with van der Waals surface area (Å²) in [7, 11) is 1.59. The molecule has 0 bridgehead atoms. The summed E-state index contributed by atoms with van der Waals surface area (Å²) in [5, 5.41) is 6.89. The van der Waals surface area contributed by atoms with Gasteiger partial charge < -0.3 is 14.8 Å². The molecule has 0 fully saturated rings. The summed E-state index contributed by atoms with van der Waals surface area (Å²) in [6, 6.07) is 13.8. The van der Waals surface area contributed by atoms with E-state index < -0.39 is 0 Å². The van der Waals surface area contributed by atoms with Gasteiger partial charge in [-0.2, -0.15) is 0 Å². The third kappa shape index (κ3) is 5.17. The number of esters is 1. The van der Waals surface area contributed by atoms with E-state index in [-0.39, 0.29) is 11.9 Å². The number of carbonyl (C=O) groups excluding carboxylic acids is 2. The molecule has 1 aromatic heterocycles. The topological polar surface area (TPSA) is 90.4 Å². The second-order valence-electron chi connectivity index (χ2n) is 6.20. The van der Waals surface area contributed by atoms with Gasteiger partial charge in [0.05, 0.1) is 19.3 Å². The molecule has 3 rings (SSSR count). The average molecular weight is 411 g/mol. The molecule has 0 saturated heterocycles. The number of nitrogens with zero attached hydrogens (tertiary/aromatic N) is 2. The molecule has 0 saturated carbocycles. The Balaban J connectivity index is 1.68. The summed E-state index contributed by atoms with van der Waals surface area (Å²) in [5.41, 5.74) is 2.29. The molecule has 1 N–H and O–H groups in total. The number of aromatic nitrogens is 2. The van der Waals surface area contributed by atoms with Crippen LogP contribution in [0, 0.1) is 0 Å². The molecular weight excluding hydrogens is 390 g/mol. The lowest BCUT2D eigenvalue weighted by Gasteiger charge is -2.07. The minimum Gasteiger partial charge on any atom is -0.497 e. The number of hydrogen-bond acceptors (Lipinski definition) is 7. The van der Waals surface area contributed by atoms with Gasteiger partial charge in [0.1, 0.15) is 16.3 Å². The summed E-state index contributed by atoms with van der Waals surface area (Å²) in [6.07, 6.45) is 1.79. The van der Waals surface area contributed by atoms with Crippen molar-refractivity contribution in [3.05, 3.63) is 59.0 Å². The van der Waals surface area contributed by atoms with Crippen molar-refractivity contribution >= 4 is 29.1 Å². The minimum atomic E-state index is -0.371. The van der Waals surface area contributed by atoms with Crippen LogP contribution in [0.15, 0.2) is 48.5 Å². The highest BCUT2D eigenvalue weighted by Crippen LogP contribution is 2.26. The zero-order valence-corrected chi connectivity index (χ0v) is 17.0. The lowest BCUT2D eigenvalue weighted by molar-refractivity contribution is 0.0499. The van der Waals surface area contributed by atoms with Crippen molar-refractivity contribution in [1.29, 1.82) is 0 Å². The molecule has 3 aromatic rings. The molecule has 0 radical (unpaired) electrons. The molecular formula is C21H21N3O4S. The first-order valence-electron chi connectivity index (χ1n) is 9.17. The van der Waals surface area contributed by atoms with Crippen LogP contribution in [0.3, 0.4) is 0 Å². The standard InChI is InChI=1S/C21H21N3O4S/c1-3-4-13-28-21(26)15-5-9-16(10-6-15)22-20(25)19-18(23-24-29-19)14-7-11-17(27-2)12-8-14/h5-12H,3-4,13H2,1-2H3,(H,22,25). The van der Waals surface area contributed by atoms with Gasteiger partial charge in [-0.05, 0) is 66.5 Å². The van der Waals surface area contributed by atoms with E-state index in [1.54, 1.807) is 43.5 Å². The quantitative estimate of drug-likeness (QED) is 0.436. The molecule has 0 aliphatic heterocycles. The Bertz CT molecular complexity index is 968. The van der Waals surface area contributed by atoms with Gasteiger partial charge in [0.25, 0.3) is 5.91 Å². The van der Waals surface area contributed by atoms with E-state index in [4.69, 9.17) is 9.47 Å². The fourth-order valence-electron chi connectivity index (χ4n) is 2.55. The number of methoxy groups -OCH3 is 1. The molecule has 2 aromatic carbocycles. The number of hydrogen-bond donors (Lipinski definition) is 1. The van der Waals surface area contributed by atoms with Gasteiger partial charge in [-0.1, -0.05) is 17.8 Å². The van der Waals surface area contributed by atoms with Crippen LogP contribution >= 0.6 is 11.5 Å². The van der Waals surface area contributed by atoms with Gasteiger partial charge in [-0.25, -0.2) is 4.79 Å². The zero-order valence-electron chi connectivity index (χ0n) is 16.2. The predicted molar refractivity (Wildman–Crippen MR) is 111 cm³/mol. The van der Waals surface area contributed by atoms with Crippen molar-refractivity contribution in [1.82, 2.24) is 9.59 Å². The molecule has 0 spiro atoms. The van der Waals surface area contributed by atoms with Gasteiger partial charge in [0, 0.05) is 11.3 Å². The number of carbonyl (C=O) groups is 2. The maximum Gasteiger partial charge on any atom is 0.338 e. The molecule has 0 unspecified atom stereocenters. The lowest BCUT2D eigenvalue weighted by atomic mass is 10.1. The minimum absolute atomic E-state index is 0.316. The summed E-state index contributed by atoms with van der Waals surface area (Å²) in [4.78, 5) is 25.0. The van der Waals surface area contributed by atoms with Crippen LogP contribution in [-0.2, 0) is 4.74 Å². The molecule has 0 aliphatic carbocycles. The summed E-state index contributed by atoms with van der Waals surface area (Å²) < 4.78 is 14.2. The van der Waals surface area contributed by atoms with E-state index in [0.29, 0.717) is 28.4 Å². The van der Waals surface area contributed by atoms with E-state index in [1.165, 1.54) is 0 Å². The van der Waals surface area contributed by atoms with Gasteiger partial charge >= 0.3 is 5.97 Å². The Hall–Kier alpha value is -3.26. The maximum absolute atomic E-state index is 12.7. The Morgan fingerprint density at radius 1 is 1.07 bits per heavy atom. The highest BCUT2D eigenvalue weighted by Gasteiger charge is 2.18. The highest BCUT2D eigenvalue weighted by atomic mass is 32.1. The average Bonchev–Trinajstić information content (AvgIpc) is 3.24. The van der Waals surface area contributed by atoms with Crippen molar-refractivity contribution in [3.63, 3.8) is 0 Å². The van der Waals surface area contributed by atoms with Crippen LogP contribution in [0.2, 0.25) is 0 Å². The molecule has 0 atom stereocenters. The van der Waals surface area contributed by atoms with Crippen LogP contribution in [-0.4, -0.2) is 35.2 Å². The molecule has 0 aliphatic rings. The van der Waals surface area contributed by atoms with Gasteiger partial charge in [-0.3, -0.25) is 4.79 Å². The predicted octanol–water partition coefficient (Wildman–Crippen LogP) is 4.42. The van der Waals surface area contributed by atoms with E-state index in [9.17, 15) is 9.59 Å². The first kappa shape index (κ1) is 20.5.